The van der Waals surface area contributed by atoms with Gasteiger partial charge in [0.25, 0.3) is 0 Å². The Balaban J connectivity index is 1.95. The highest BCUT2D eigenvalue weighted by molar-refractivity contribution is 9.10. The lowest BCUT2D eigenvalue weighted by Crippen LogP contribution is -2.30. The van der Waals surface area contributed by atoms with Gasteiger partial charge in [-0.2, -0.15) is 0 Å². The Labute approximate surface area is 97.3 Å². The van der Waals surface area contributed by atoms with Crippen molar-refractivity contribution in [2.75, 3.05) is 0 Å². The number of hydrazine groups is 1. The first-order valence-corrected chi connectivity index (χ1v) is 5.60. The Hall–Kier alpha value is -1.07. The fraction of sp³-hybridized carbons (Fsp3) is 0.300. The van der Waals surface area contributed by atoms with Gasteiger partial charge in [0.05, 0.1) is 12.7 Å². The average molecular weight is 269 g/mol. The molecule has 5 heteroatoms. The summed E-state index contributed by atoms with van der Waals surface area (Å²) >= 11 is 3.40. The maximum atomic E-state index is 4.39. The Morgan fingerprint density at radius 3 is 2.67 bits per heavy atom. The van der Waals surface area contributed by atoms with Gasteiger partial charge in [-0.15, -0.1) is 0 Å². The summed E-state index contributed by atoms with van der Waals surface area (Å²) in [4.78, 5) is 4.39. The van der Waals surface area contributed by atoms with E-state index < -0.39 is 0 Å². The molecule has 0 radical (unpaired) electrons. The predicted octanol–water partition coefficient (Wildman–Crippen LogP) is 1.35. The van der Waals surface area contributed by atoms with Gasteiger partial charge in [0.2, 0.25) is 5.96 Å². The van der Waals surface area contributed by atoms with Gasteiger partial charge >= 0.3 is 0 Å². The van der Waals surface area contributed by atoms with E-state index >= 15 is 0 Å². The van der Waals surface area contributed by atoms with E-state index in [4.69, 9.17) is 0 Å². The van der Waals surface area contributed by atoms with Gasteiger partial charge < -0.3 is 5.32 Å². The molecule has 1 unspecified atom stereocenters. The van der Waals surface area contributed by atoms with Crippen LogP contribution in [0.3, 0.4) is 0 Å². The van der Waals surface area contributed by atoms with Gasteiger partial charge in [-0.25, -0.2) is 10.4 Å². The van der Waals surface area contributed by atoms with Crippen LogP contribution in [0.25, 0.3) is 0 Å². The molecule has 0 aromatic heterocycles. The number of hydrogen-bond donors (Lipinski definition) is 3. The summed E-state index contributed by atoms with van der Waals surface area (Å²) < 4.78 is 1.09. The number of rotatable bonds is 2. The van der Waals surface area contributed by atoms with Crippen LogP contribution in [0.5, 0.6) is 0 Å². The molecule has 1 heterocycles. The Bertz CT molecular complexity index is 360. The molecule has 2 rings (SSSR count). The first kappa shape index (κ1) is 10.4. The minimum atomic E-state index is 0.230. The van der Waals surface area contributed by atoms with Gasteiger partial charge in [-0.05, 0) is 24.6 Å². The van der Waals surface area contributed by atoms with Crippen molar-refractivity contribution in [2.45, 2.75) is 19.6 Å². The molecular weight excluding hydrogens is 256 g/mol. The molecule has 0 amide bonds. The van der Waals surface area contributed by atoms with Crippen molar-refractivity contribution in [1.29, 1.82) is 0 Å². The molecule has 4 nitrogen and oxygen atoms in total. The summed E-state index contributed by atoms with van der Waals surface area (Å²) in [5.41, 5.74) is 7.17. The maximum Gasteiger partial charge on any atom is 0.207 e. The van der Waals surface area contributed by atoms with Crippen molar-refractivity contribution in [3.63, 3.8) is 0 Å². The van der Waals surface area contributed by atoms with E-state index in [9.17, 15) is 0 Å². The standard InChI is InChI=1S/C10H13BrN4/c1-7-13-10(15-14-7)12-6-8-2-4-9(11)5-3-8/h2-5,7,14H,6H2,1H3,(H2,12,13,15). The fourth-order valence-corrected chi connectivity index (χ4v) is 1.56. The molecule has 1 aromatic carbocycles. The number of guanidine groups is 1. The van der Waals surface area contributed by atoms with Crippen LogP contribution in [-0.2, 0) is 6.54 Å². The first-order chi connectivity index (χ1) is 7.24. The van der Waals surface area contributed by atoms with E-state index in [2.05, 4.69) is 49.2 Å². The number of benzene rings is 1. The Morgan fingerprint density at radius 2 is 2.07 bits per heavy atom. The van der Waals surface area contributed by atoms with Gasteiger partial charge in [0.1, 0.15) is 0 Å². The summed E-state index contributed by atoms with van der Waals surface area (Å²) in [5.74, 6) is 0.797. The van der Waals surface area contributed by atoms with E-state index in [0.29, 0.717) is 6.54 Å². The third-order valence-electron chi connectivity index (χ3n) is 2.09. The van der Waals surface area contributed by atoms with Crippen molar-refractivity contribution in [3.05, 3.63) is 34.3 Å². The van der Waals surface area contributed by atoms with E-state index in [1.54, 1.807) is 0 Å². The fourth-order valence-electron chi connectivity index (χ4n) is 1.30. The highest BCUT2D eigenvalue weighted by Crippen LogP contribution is 2.11. The van der Waals surface area contributed by atoms with Crippen LogP contribution >= 0.6 is 15.9 Å². The molecule has 3 N–H and O–H groups in total. The molecule has 1 aromatic rings. The van der Waals surface area contributed by atoms with Gasteiger partial charge in [-0.3, -0.25) is 5.43 Å². The van der Waals surface area contributed by atoms with Gasteiger partial charge in [0, 0.05) is 4.47 Å². The molecule has 0 saturated carbocycles. The zero-order valence-electron chi connectivity index (χ0n) is 8.42. The Kier molecular flexibility index (Phi) is 3.23. The lowest BCUT2D eigenvalue weighted by atomic mass is 10.2. The second-order valence-corrected chi connectivity index (χ2v) is 4.34. The van der Waals surface area contributed by atoms with Crippen LogP contribution in [0, 0.1) is 0 Å². The summed E-state index contributed by atoms with van der Waals surface area (Å²) in [6.07, 6.45) is 0.230. The molecule has 1 aliphatic rings. The smallest absolute Gasteiger partial charge is 0.207 e. The zero-order valence-corrected chi connectivity index (χ0v) is 10.0. The van der Waals surface area contributed by atoms with Crippen LogP contribution in [0.1, 0.15) is 12.5 Å². The molecule has 15 heavy (non-hydrogen) atoms. The van der Waals surface area contributed by atoms with E-state index in [-0.39, 0.29) is 6.17 Å². The molecule has 1 aliphatic heterocycles. The molecule has 80 valence electrons. The third kappa shape index (κ3) is 2.94. The summed E-state index contributed by atoms with van der Waals surface area (Å²) in [6, 6.07) is 8.15. The van der Waals surface area contributed by atoms with Crippen LogP contribution in [0.15, 0.2) is 33.7 Å². The van der Waals surface area contributed by atoms with Crippen molar-refractivity contribution >= 4 is 21.9 Å². The maximum absolute atomic E-state index is 4.39. The van der Waals surface area contributed by atoms with E-state index in [1.807, 2.05) is 19.1 Å². The van der Waals surface area contributed by atoms with Gasteiger partial charge in [0.15, 0.2) is 0 Å². The molecule has 0 aliphatic carbocycles. The highest BCUT2D eigenvalue weighted by atomic mass is 79.9. The van der Waals surface area contributed by atoms with Gasteiger partial charge in [-0.1, -0.05) is 28.1 Å². The van der Waals surface area contributed by atoms with Crippen molar-refractivity contribution in [2.24, 2.45) is 4.99 Å². The average Bonchev–Trinajstić information content (AvgIpc) is 2.64. The summed E-state index contributed by atoms with van der Waals surface area (Å²) in [5, 5.41) is 3.15. The largest absolute Gasteiger partial charge is 0.339 e. The third-order valence-corrected chi connectivity index (χ3v) is 2.62. The molecule has 0 spiro atoms. The topological polar surface area (TPSA) is 48.5 Å². The van der Waals surface area contributed by atoms with E-state index in [1.165, 1.54) is 5.56 Å². The van der Waals surface area contributed by atoms with Crippen LogP contribution in [0.2, 0.25) is 0 Å². The SMILES string of the molecule is CC1NNC(=NCc2ccc(Br)cc2)N1. The lowest BCUT2D eigenvalue weighted by molar-refractivity contribution is 0.570. The monoisotopic (exact) mass is 268 g/mol. The zero-order chi connectivity index (χ0) is 10.7. The minimum absolute atomic E-state index is 0.230. The number of aliphatic imine (C=N–C) groups is 1. The number of nitrogens with one attached hydrogen (secondary N) is 3. The highest BCUT2D eigenvalue weighted by Gasteiger charge is 2.11. The number of nitrogens with zero attached hydrogens (tertiary/aromatic N) is 1. The van der Waals surface area contributed by atoms with Crippen LogP contribution in [0.4, 0.5) is 0 Å². The molecule has 1 saturated heterocycles. The van der Waals surface area contributed by atoms with Crippen molar-refractivity contribution in [3.8, 4) is 0 Å². The molecule has 1 atom stereocenters. The summed E-state index contributed by atoms with van der Waals surface area (Å²) in [6.45, 7) is 2.70. The number of halogens is 1. The number of hydrogen-bond acceptors (Lipinski definition) is 2. The first-order valence-electron chi connectivity index (χ1n) is 4.81. The minimum Gasteiger partial charge on any atom is -0.339 e. The van der Waals surface area contributed by atoms with Crippen molar-refractivity contribution < 1.29 is 0 Å². The van der Waals surface area contributed by atoms with Crippen molar-refractivity contribution in [1.82, 2.24) is 16.2 Å². The lowest BCUT2D eigenvalue weighted by Gasteiger charge is -2.00. The van der Waals surface area contributed by atoms with E-state index in [0.717, 1.165) is 10.4 Å². The molecule has 0 bridgehead atoms. The normalized spacial score (nSPS) is 22.5. The quantitative estimate of drug-likeness (QED) is 0.759. The van der Waals surface area contributed by atoms with Crippen LogP contribution < -0.4 is 16.2 Å². The summed E-state index contributed by atoms with van der Waals surface area (Å²) in [7, 11) is 0. The Morgan fingerprint density at radius 1 is 1.33 bits per heavy atom. The second-order valence-electron chi connectivity index (χ2n) is 3.43. The molecular formula is C10H13BrN4. The predicted molar refractivity (Wildman–Crippen MR) is 64.2 cm³/mol. The van der Waals surface area contributed by atoms with Crippen LogP contribution in [-0.4, -0.2) is 12.1 Å². The second kappa shape index (κ2) is 4.63. The molecule has 1 fully saturated rings.